The summed E-state index contributed by atoms with van der Waals surface area (Å²) in [6.07, 6.45) is -0.120. The minimum absolute atomic E-state index is 0.339. The van der Waals surface area contributed by atoms with Crippen LogP contribution in [0.1, 0.15) is 25.8 Å². The van der Waals surface area contributed by atoms with E-state index in [1.807, 2.05) is 19.1 Å². The molecule has 25 heavy (non-hydrogen) atoms. The van der Waals surface area contributed by atoms with Gasteiger partial charge in [-0.3, -0.25) is 4.79 Å². The van der Waals surface area contributed by atoms with E-state index in [1.54, 1.807) is 37.3 Å². The average Bonchev–Trinajstić information content (AvgIpc) is 2.59. The quantitative estimate of drug-likeness (QED) is 0.526. The third-order valence-electron chi connectivity index (χ3n) is 3.38. The summed E-state index contributed by atoms with van der Waals surface area (Å²) in [6, 6.07) is 12.1. The first-order chi connectivity index (χ1) is 11.9. The van der Waals surface area contributed by atoms with E-state index in [1.165, 1.54) is 0 Å². The molecule has 0 fully saturated rings. The van der Waals surface area contributed by atoms with E-state index in [0.717, 1.165) is 11.3 Å². The van der Waals surface area contributed by atoms with Crippen molar-refractivity contribution in [2.24, 2.45) is 5.10 Å². The van der Waals surface area contributed by atoms with Crippen molar-refractivity contribution in [2.45, 2.75) is 26.4 Å². The molecule has 0 heterocycles. The Bertz CT molecular complexity index is 776. The lowest BCUT2D eigenvalue weighted by atomic mass is 10.1. The predicted molar refractivity (Wildman–Crippen MR) is 103 cm³/mol. The van der Waals surface area contributed by atoms with E-state index in [9.17, 15) is 4.79 Å². The number of nitrogens with zero attached hydrogens (tertiary/aromatic N) is 1. The molecule has 2 aromatic rings. The number of halogens is 3. The number of hydrogen-bond donors (Lipinski definition) is 1. The maximum Gasteiger partial charge on any atom is 0.280 e. The molecule has 0 bridgehead atoms. The minimum atomic E-state index is -0.772. The van der Waals surface area contributed by atoms with E-state index in [-0.39, 0.29) is 5.91 Å². The van der Waals surface area contributed by atoms with E-state index in [4.69, 9.17) is 39.5 Å². The molecule has 7 heteroatoms. The van der Waals surface area contributed by atoms with Crippen molar-refractivity contribution in [3.8, 4) is 5.75 Å². The van der Waals surface area contributed by atoms with Gasteiger partial charge >= 0.3 is 0 Å². The Labute approximate surface area is 161 Å². The number of amides is 1. The number of ether oxygens (including phenoxy) is 1. The van der Waals surface area contributed by atoms with Crippen molar-refractivity contribution in [2.75, 3.05) is 0 Å². The second kappa shape index (κ2) is 9.09. The standard InChI is InChI=1S/C18H17Cl3N2O2/c1-3-16(12-4-6-13(19)7-5-12)22-23-18(24)11(2)25-17-9-8-14(20)10-15(17)21/h4-11H,3H2,1-2H3,(H,23,24)/b22-16-. The molecule has 132 valence electrons. The summed E-state index contributed by atoms with van der Waals surface area (Å²) in [7, 11) is 0. The van der Waals surface area contributed by atoms with Gasteiger partial charge in [0.1, 0.15) is 5.75 Å². The lowest BCUT2D eigenvalue weighted by molar-refractivity contribution is -0.127. The zero-order valence-electron chi connectivity index (χ0n) is 13.7. The Morgan fingerprint density at radius 2 is 1.76 bits per heavy atom. The molecule has 1 unspecified atom stereocenters. The molecule has 4 nitrogen and oxygen atoms in total. The summed E-state index contributed by atoms with van der Waals surface area (Å²) >= 11 is 17.8. The molecule has 0 saturated carbocycles. The second-order valence-electron chi connectivity index (χ2n) is 5.23. The van der Waals surface area contributed by atoms with Crippen LogP contribution in [0.2, 0.25) is 15.1 Å². The van der Waals surface area contributed by atoms with E-state index < -0.39 is 6.10 Å². The van der Waals surface area contributed by atoms with Crippen LogP contribution in [0.3, 0.4) is 0 Å². The fraction of sp³-hybridized carbons (Fsp3) is 0.222. The molecule has 0 aliphatic heterocycles. The van der Waals surface area contributed by atoms with Crippen LogP contribution in [0.15, 0.2) is 47.6 Å². The van der Waals surface area contributed by atoms with Crippen LogP contribution >= 0.6 is 34.8 Å². The molecule has 0 aliphatic carbocycles. The van der Waals surface area contributed by atoms with Gasteiger partial charge in [-0.25, -0.2) is 5.43 Å². The maximum absolute atomic E-state index is 12.2. The maximum atomic E-state index is 12.2. The van der Waals surface area contributed by atoms with Crippen LogP contribution in [0, 0.1) is 0 Å². The van der Waals surface area contributed by atoms with Gasteiger partial charge in [-0.05, 0) is 49.2 Å². The molecule has 0 radical (unpaired) electrons. The molecule has 0 aromatic heterocycles. The van der Waals surface area contributed by atoms with Gasteiger partial charge in [0, 0.05) is 10.0 Å². The average molecular weight is 400 g/mol. The van der Waals surface area contributed by atoms with Crippen molar-refractivity contribution in [1.29, 1.82) is 0 Å². The molecular weight excluding hydrogens is 383 g/mol. The Kier molecular flexibility index (Phi) is 7.12. The summed E-state index contributed by atoms with van der Waals surface area (Å²) in [4.78, 5) is 12.2. The molecular formula is C18H17Cl3N2O2. The molecule has 0 spiro atoms. The number of carbonyl (C=O) groups excluding carboxylic acids is 1. The molecule has 1 amide bonds. The molecule has 0 aliphatic rings. The number of hydrazone groups is 1. The summed E-state index contributed by atoms with van der Waals surface area (Å²) < 4.78 is 5.56. The SMILES string of the molecule is CC/C(=N/NC(=O)C(C)Oc1ccc(Cl)cc1Cl)c1ccc(Cl)cc1. The highest BCUT2D eigenvalue weighted by Crippen LogP contribution is 2.28. The number of rotatable bonds is 6. The van der Waals surface area contributed by atoms with Crippen molar-refractivity contribution < 1.29 is 9.53 Å². The lowest BCUT2D eigenvalue weighted by Gasteiger charge is -2.14. The van der Waals surface area contributed by atoms with Gasteiger partial charge in [-0.2, -0.15) is 5.10 Å². The third kappa shape index (κ3) is 5.63. The van der Waals surface area contributed by atoms with Crippen molar-refractivity contribution in [1.82, 2.24) is 5.43 Å². The highest BCUT2D eigenvalue weighted by Gasteiger charge is 2.16. The zero-order chi connectivity index (χ0) is 18.4. The van der Waals surface area contributed by atoms with Crippen LogP contribution in [-0.2, 0) is 4.79 Å². The topological polar surface area (TPSA) is 50.7 Å². The second-order valence-corrected chi connectivity index (χ2v) is 6.51. The van der Waals surface area contributed by atoms with E-state index in [2.05, 4.69) is 10.5 Å². The number of benzene rings is 2. The van der Waals surface area contributed by atoms with Gasteiger partial charge in [0.05, 0.1) is 10.7 Å². The van der Waals surface area contributed by atoms with Gasteiger partial charge in [-0.1, -0.05) is 53.9 Å². The normalized spacial score (nSPS) is 12.6. The van der Waals surface area contributed by atoms with Gasteiger partial charge in [0.25, 0.3) is 5.91 Å². The Morgan fingerprint density at radius 3 is 2.36 bits per heavy atom. The Balaban J connectivity index is 2.03. The van der Waals surface area contributed by atoms with Crippen LogP contribution in [-0.4, -0.2) is 17.7 Å². The fourth-order valence-electron chi connectivity index (χ4n) is 2.02. The van der Waals surface area contributed by atoms with E-state index in [0.29, 0.717) is 27.2 Å². The molecule has 1 N–H and O–H groups in total. The molecule has 2 rings (SSSR count). The monoisotopic (exact) mass is 398 g/mol. The van der Waals surface area contributed by atoms with Crippen LogP contribution < -0.4 is 10.2 Å². The first-order valence-electron chi connectivity index (χ1n) is 7.64. The van der Waals surface area contributed by atoms with Crippen LogP contribution in [0.4, 0.5) is 0 Å². The minimum Gasteiger partial charge on any atom is -0.479 e. The Hall–Kier alpha value is -1.75. The molecule has 1 atom stereocenters. The molecule has 0 saturated heterocycles. The smallest absolute Gasteiger partial charge is 0.280 e. The summed E-state index contributed by atoms with van der Waals surface area (Å²) in [6.45, 7) is 3.57. The van der Waals surface area contributed by atoms with Crippen molar-refractivity contribution in [3.63, 3.8) is 0 Å². The third-order valence-corrected chi connectivity index (χ3v) is 4.16. The van der Waals surface area contributed by atoms with Crippen molar-refractivity contribution in [3.05, 3.63) is 63.1 Å². The summed E-state index contributed by atoms with van der Waals surface area (Å²) in [5.74, 6) is -0.00274. The number of nitrogens with one attached hydrogen (secondary N) is 1. The highest BCUT2D eigenvalue weighted by molar-refractivity contribution is 6.35. The van der Waals surface area contributed by atoms with Gasteiger partial charge in [0.15, 0.2) is 6.10 Å². The fourth-order valence-corrected chi connectivity index (χ4v) is 2.60. The van der Waals surface area contributed by atoms with Crippen LogP contribution in [0.5, 0.6) is 5.75 Å². The summed E-state index contributed by atoms with van der Waals surface area (Å²) in [5.41, 5.74) is 4.15. The first-order valence-corrected chi connectivity index (χ1v) is 8.78. The first kappa shape index (κ1) is 19.6. The zero-order valence-corrected chi connectivity index (χ0v) is 16.0. The summed E-state index contributed by atoms with van der Waals surface area (Å²) in [5, 5.41) is 5.66. The van der Waals surface area contributed by atoms with E-state index >= 15 is 0 Å². The Morgan fingerprint density at radius 1 is 1.12 bits per heavy atom. The van der Waals surface area contributed by atoms with Crippen molar-refractivity contribution >= 4 is 46.4 Å². The van der Waals surface area contributed by atoms with Crippen LogP contribution in [0.25, 0.3) is 0 Å². The van der Waals surface area contributed by atoms with Gasteiger partial charge in [-0.15, -0.1) is 0 Å². The largest absolute Gasteiger partial charge is 0.479 e. The van der Waals surface area contributed by atoms with Gasteiger partial charge < -0.3 is 4.74 Å². The predicted octanol–water partition coefficient (Wildman–Crippen LogP) is 5.34. The highest BCUT2D eigenvalue weighted by atomic mass is 35.5. The van der Waals surface area contributed by atoms with Gasteiger partial charge in [0.2, 0.25) is 0 Å². The number of carbonyl (C=O) groups is 1. The lowest BCUT2D eigenvalue weighted by Crippen LogP contribution is -2.34. The molecule has 2 aromatic carbocycles. The number of hydrogen-bond acceptors (Lipinski definition) is 3.